The molecule has 19 heavy (non-hydrogen) atoms. The van der Waals surface area contributed by atoms with E-state index in [4.69, 9.17) is 5.73 Å². The first-order valence-electron chi connectivity index (χ1n) is 6.30. The second-order valence-corrected chi connectivity index (χ2v) is 4.63. The smallest absolute Gasteiger partial charge is 0.237 e. The number of nitrogens with two attached hydrogens (primary N) is 1. The van der Waals surface area contributed by atoms with Gasteiger partial charge in [-0.2, -0.15) is 0 Å². The number of nitrogens with zero attached hydrogens (tertiary/aromatic N) is 1. The summed E-state index contributed by atoms with van der Waals surface area (Å²) in [6.07, 6.45) is 4.21. The number of benzene rings is 1. The number of fused-ring (bicyclic) bond motifs is 1. The molecule has 2 rings (SSSR count). The molecule has 1 heterocycles. The summed E-state index contributed by atoms with van der Waals surface area (Å²) in [5, 5.41) is 3.87. The van der Waals surface area contributed by atoms with Crippen LogP contribution in [0.25, 0.3) is 10.9 Å². The number of amides is 1. The van der Waals surface area contributed by atoms with Crippen LogP contribution in [-0.2, 0) is 18.3 Å². The molecule has 1 atom stereocenters. The Morgan fingerprint density at radius 2 is 2.26 bits per heavy atom. The number of rotatable bonds is 5. The first kappa shape index (κ1) is 13.4. The van der Waals surface area contributed by atoms with E-state index in [0.717, 1.165) is 16.5 Å². The van der Waals surface area contributed by atoms with Gasteiger partial charge in [0.15, 0.2) is 0 Å². The van der Waals surface area contributed by atoms with E-state index >= 15 is 0 Å². The van der Waals surface area contributed by atoms with Crippen molar-refractivity contribution in [1.82, 2.24) is 9.88 Å². The minimum atomic E-state index is -0.536. The highest BCUT2D eigenvalue weighted by molar-refractivity contribution is 5.86. The first-order valence-corrected chi connectivity index (χ1v) is 6.30. The van der Waals surface area contributed by atoms with E-state index in [-0.39, 0.29) is 5.91 Å². The Bertz CT molecular complexity index is 600. The Morgan fingerprint density at radius 1 is 1.53 bits per heavy atom. The van der Waals surface area contributed by atoms with E-state index in [9.17, 15) is 4.79 Å². The van der Waals surface area contributed by atoms with Gasteiger partial charge < -0.3 is 15.6 Å². The highest BCUT2D eigenvalue weighted by Gasteiger charge is 2.16. The normalized spacial score (nSPS) is 12.3. The minimum absolute atomic E-state index is 0.146. The molecule has 1 aromatic carbocycles. The quantitative estimate of drug-likeness (QED) is 0.794. The van der Waals surface area contributed by atoms with Gasteiger partial charge in [-0.05, 0) is 18.1 Å². The van der Waals surface area contributed by atoms with Crippen LogP contribution in [0.5, 0.6) is 0 Å². The number of hydrogen-bond donors (Lipinski definition) is 2. The monoisotopic (exact) mass is 257 g/mol. The molecular weight excluding hydrogens is 238 g/mol. The van der Waals surface area contributed by atoms with Crippen molar-refractivity contribution >= 4 is 16.8 Å². The predicted molar refractivity (Wildman–Crippen MR) is 77.8 cm³/mol. The van der Waals surface area contributed by atoms with Gasteiger partial charge in [0.05, 0.1) is 6.04 Å². The molecule has 1 amide bonds. The third-order valence-electron chi connectivity index (χ3n) is 3.18. The Hall–Kier alpha value is -2.07. The SMILES string of the molecule is C=CCNC(=O)C(N)Cc1cn(C)c2ccccc12. The van der Waals surface area contributed by atoms with Gasteiger partial charge in [0, 0.05) is 30.7 Å². The molecule has 1 aromatic heterocycles. The molecule has 3 N–H and O–H groups in total. The molecule has 0 aliphatic carbocycles. The van der Waals surface area contributed by atoms with Crippen molar-refractivity contribution in [1.29, 1.82) is 0 Å². The zero-order valence-electron chi connectivity index (χ0n) is 11.1. The number of carbonyl (C=O) groups is 1. The number of aryl methyl sites for hydroxylation is 1. The summed E-state index contributed by atoms with van der Waals surface area (Å²) in [5.74, 6) is -0.146. The topological polar surface area (TPSA) is 60.1 Å². The van der Waals surface area contributed by atoms with Crippen molar-refractivity contribution < 1.29 is 4.79 Å². The van der Waals surface area contributed by atoms with Gasteiger partial charge in [0.25, 0.3) is 0 Å². The van der Waals surface area contributed by atoms with Gasteiger partial charge in [-0.25, -0.2) is 0 Å². The third-order valence-corrected chi connectivity index (χ3v) is 3.18. The Kier molecular flexibility index (Phi) is 4.02. The Balaban J connectivity index is 2.17. The molecule has 0 radical (unpaired) electrons. The van der Waals surface area contributed by atoms with Crippen LogP contribution >= 0.6 is 0 Å². The van der Waals surface area contributed by atoms with Crippen molar-refractivity contribution in [3.8, 4) is 0 Å². The average molecular weight is 257 g/mol. The largest absolute Gasteiger partial charge is 0.351 e. The summed E-state index contributed by atoms with van der Waals surface area (Å²) in [5.41, 5.74) is 8.18. The summed E-state index contributed by atoms with van der Waals surface area (Å²) < 4.78 is 2.05. The van der Waals surface area contributed by atoms with E-state index in [1.54, 1.807) is 6.08 Å². The number of aromatic nitrogens is 1. The van der Waals surface area contributed by atoms with Crippen LogP contribution in [-0.4, -0.2) is 23.1 Å². The van der Waals surface area contributed by atoms with E-state index in [1.807, 2.05) is 25.4 Å². The molecule has 0 spiro atoms. The van der Waals surface area contributed by atoms with Gasteiger partial charge in [0.1, 0.15) is 0 Å². The van der Waals surface area contributed by atoms with Crippen LogP contribution in [0.15, 0.2) is 43.1 Å². The molecule has 4 nitrogen and oxygen atoms in total. The van der Waals surface area contributed by atoms with Crippen molar-refractivity contribution in [3.05, 3.63) is 48.7 Å². The lowest BCUT2D eigenvalue weighted by atomic mass is 10.1. The van der Waals surface area contributed by atoms with E-state index in [0.29, 0.717) is 13.0 Å². The molecule has 0 saturated carbocycles. The number of nitrogens with one attached hydrogen (secondary N) is 1. The van der Waals surface area contributed by atoms with Gasteiger partial charge in [-0.1, -0.05) is 24.3 Å². The third kappa shape index (κ3) is 2.85. The fraction of sp³-hybridized carbons (Fsp3) is 0.267. The summed E-state index contributed by atoms with van der Waals surface area (Å²) in [6, 6.07) is 7.57. The van der Waals surface area contributed by atoms with E-state index in [1.165, 1.54) is 0 Å². The zero-order chi connectivity index (χ0) is 13.8. The van der Waals surface area contributed by atoms with Crippen LogP contribution in [0.4, 0.5) is 0 Å². The van der Waals surface area contributed by atoms with Gasteiger partial charge in [0.2, 0.25) is 5.91 Å². The van der Waals surface area contributed by atoms with Crippen molar-refractivity contribution in [2.75, 3.05) is 6.54 Å². The lowest BCUT2D eigenvalue weighted by Gasteiger charge is -2.10. The number of hydrogen-bond acceptors (Lipinski definition) is 2. The molecular formula is C15H19N3O. The van der Waals surface area contributed by atoms with Gasteiger partial charge >= 0.3 is 0 Å². The summed E-state index contributed by atoms with van der Waals surface area (Å²) >= 11 is 0. The number of para-hydroxylation sites is 1. The van der Waals surface area contributed by atoms with Crippen molar-refractivity contribution in [3.63, 3.8) is 0 Å². The fourth-order valence-electron chi connectivity index (χ4n) is 2.22. The molecule has 1 unspecified atom stereocenters. The van der Waals surface area contributed by atoms with Crippen LogP contribution in [0, 0.1) is 0 Å². The summed E-state index contributed by atoms with van der Waals surface area (Å²) in [6.45, 7) is 4.01. The van der Waals surface area contributed by atoms with Crippen LogP contribution in [0.3, 0.4) is 0 Å². The molecule has 0 bridgehead atoms. The summed E-state index contributed by atoms with van der Waals surface area (Å²) in [4.78, 5) is 11.8. The maximum atomic E-state index is 11.8. The van der Waals surface area contributed by atoms with Crippen LogP contribution in [0.2, 0.25) is 0 Å². The molecule has 0 aliphatic rings. The Morgan fingerprint density at radius 3 is 3.00 bits per heavy atom. The number of carbonyl (C=O) groups excluding carboxylic acids is 1. The molecule has 0 aliphatic heterocycles. The second-order valence-electron chi connectivity index (χ2n) is 4.63. The molecule has 100 valence electrons. The highest BCUT2D eigenvalue weighted by atomic mass is 16.2. The Labute approximate surface area is 112 Å². The van der Waals surface area contributed by atoms with Gasteiger partial charge in [-0.15, -0.1) is 6.58 Å². The van der Waals surface area contributed by atoms with E-state index in [2.05, 4.69) is 28.6 Å². The molecule has 4 heteroatoms. The lowest BCUT2D eigenvalue weighted by molar-refractivity contribution is -0.122. The molecule has 0 fully saturated rings. The summed E-state index contributed by atoms with van der Waals surface area (Å²) in [7, 11) is 2.00. The van der Waals surface area contributed by atoms with E-state index < -0.39 is 6.04 Å². The highest BCUT2D eigenvalue weighted by Crippen LogP contribution is 2.21. The standard InChI is InChI=1S/C15H19N3O/c1-3-8-17-15(19)13(16)9-11-10-18(2)14-7-5-4-6-12(11)14/h3-7,10,13H,1,8-9,16H2,2H3,(H,17,19). The minimum Gasteiger partial charge on any atom is -0.351 e. The molecule has 2 aromatic rings. The maximum absolute atomic E-state index is 11.8. The van der Waals surface area contributed by atoms with Crippen LogP contribution < -0.4 is 11.1 Å². The second kappa shape index (κ2) is 5.71. The maximum Gasteiger partial charge on any atom is 0.237 e. The zero-order valence-corrected chi connectivity index (χ0v) is 11.1. The fourth-order valence-corrected chi connectivity index (χ4v) is 2.22. The average Bonchev–Trinajstić information content (AvgIpc) is 2.73. The predicted octanol–water partition coefficient (Wildman–Crippen LogP) is 1.35. The van der Waals surface area contributed by atoms with Crippen LogP contribution in [0.1, 0.15) is 5.56 Å². The lowest BCUT2D eigenvalue weighted by Crippen LogP contribution is -2.42. The van der Waals surface area contributed by atoms with Gasteiger partial charge in [-0.3, -0.25) is 4.79 Å². The van der Waals surface area contributed by atoms with Crippen molar-refractivity contribution in [2.45, 2.75) is 12.5 Å². The first-order chi connectivity index (χ1) is 9.13. The molecule has 0 saturated heterocycles. The van der Waals surface area contributed by atoms with Crippen molar-refractivity contribution in [2.24, 2.45) is 12.8 Å².